The molecule has 26 heavy (non-hydrogen) atoms. The summed E-state index contributed by atoms with van der Waals surface area (Å²) >= 11 is 1.34. The molecule has 3 rings (SSSR count). The molecule has 1 fully saturated rings. The van der Waals surface area contributed by atoms with Crippen LogP contribution in [0.1, 0.15) is 37.3 Å². The van der Waals surface area contributed by atoms with Crippen LogP contribution in [0.3, 0.4) is 0 Å². The van der Waals surface area contributed by atoms with E-state index in [-0.39, 0.29) is 24.3 Å². The third-order valence-electron chi connectivity index (χ3n) is 4.20. The van der Waals surface area contributed by atoms with E-state index in [1.54, 1.807) is 11.8 Å². The lowest BCUT2D eigenvalue weighted by Crippen LogP contribution is -2.58. The Morgan fingerprint density at radius 1 is 1.35 bits per heavy atom. The van der Waals surface area contributed by atoms with E-state index in [0.717, 1.165) is 10.6 Å². The molecule has 0 bridgehead atoms. The highest BCUT2D eigenvalue weighted by molar-refractivity contribution is 7.15. The Morgan fingerprint density at radius 2 is 2.08 bits per heavy atom. The van der Waals surface area contributed by atoms with Crippen molar-refractivity contribution in [3.8, 4) is 0 Å². The van der Waals surface area contributed by atoms with Crippen molar-refractivity contribution in [2.24, 2.45) is 0 Å². The first kappa shape index (κ1) is 18.5. The van der Waals surface area contributed by atoms with Gasteiger partial charge < -0.3 is 9.64 Å². The molecule has 1 N–H and O–H groups in total. The fourth-order valence-corrected chi connectivity index (χ4v) is 3.55. The van der Waals surface area contributed by atoms with Crippen LogP contribution in [0, 0.1) is 0 Å². The second kappa shape index (κ2) is 7.92. The summed E-state index contributed by atoms with van der Waals surface area (Å²) in [7, 11) is 0. The largest absolute Gasteiger partial charge is 0.366 e. The number of carbonyl (C=O) groups is 2. The molecular weight excluding hydrogens is 352 g/mol. The van der Waals surface area contributed by atoms with Crippen molar-refractivity contribution in [2.75, 3.05) is 11.9 Å². The van der Waals surface area contributed by atoms with Gasteiger partial charge in [0.25, 0.3) is 5.91 Å². The van der Waals surface area contributed by atoms with Crippen LogP contribution in [0.4, 0.5) is 5.13 Å². The number of morpholine rings is 1. The molecular formula is C18H22N4O3S. The van der Waals surface area contributed by atoms with Gasteiger partial charge in [0.05, 0.1) is 6.10 Å². The van der Waals surface area contributed by atoms with E-state index in [9.17, 15) is 9.59 Å². The Morgan fingerprint density at radius 3 is 2.73 bits per heavy atom. The summed E-state index contributed by atoms with van der Waals surface area (Å²) in [5.74, 6) is -0.272. The second-order valence-corrected chi connectivity index (χ2v) is 7.57. The van der Waals surface area contributed by atoms with E-state index < -0.39 is 12.1 Å². The summed E-state index contributed by atoms with van der Waals surface area (Å²) in [5, 5.41) is 12.2. The summed E-state index contributed by atoms with van der Waals surface area (Å²) < 4.78 is 5.49. The lowest BCUT2D eigenvalue weighted by molar-refractivity contribution is -0.161. The van der Waals surface area contributed by atoms with Crippen LogP contribution in [-0.2, 0) is 20.9 Å². The Labute approximate surface area is 156 Å². The van der Waals surface area contributed by atoms with Crippen molar-refractivity contribution in [1.29, 1.82) is 0 Å². The van der Waals surface area contributed by atoms with Gasteiger partial charge in [0, 0.05) is 12.5 Å². The van der Waals surface area contributed by atoms with Crippen LogP contribution in [0.5, 0.6) is 0 Å². The molecule has 0 saturated carbocycles. The van der Waals surface area contributed by atoms with Crippen molar-refractivity contribution >= 4 is 28.3 Å². The van der Waals surface area contributed by atoms with E-state index in [2.05, 4.69) is 15.5 Å². The predicted octanol–water partition coefficient (Wildman–Crippen LogP) is 2.42. The molecule has 0 radical (unpaired) electrons. The Bertz CT molecular complexity index is 778. The summed E-state index contributed by atoms with van der Waals surface area (Å²) in [4.78, 5) is 26.8. The number of hydrogen-bond donors (Lipinski definition) is 1. The molecule has 0 spiro atoms. The van der Waals surface area contributed by atoms with Gasteiger partial charge >= 0.3 is 0 Å². The molecule has 1 aromatic carbocycles. The predicted molar refractivity (Wildman–Crippen MR) is 98.8 cm³/mol. The number of ether oxygens (including phenoxy) is 1. The summed E-state index contributed by atoms with van der Waals surface area (Å²) in [6.07, 6.45) is -0.408. The number of nitrogens with zero attached hydrogens (tertiary/aromatic N) is 3. The smallest absolute Gasteiger partial charge is 0.251 e. The van der Waals surface area contributed by atoms with Crippen molar-refractivity contribution in [3.05, 3.63) is 40.9 Å². The van der Waals surface area contributed by atoms with E-state index in [4.69, 9.17) is 4.74 Å². The average Bonchev–Trinajstić information content (AvgIpc) is 3.08. The Hall–Kier alpha value is -2.32. The quantitative estimate of drug-likeness (QED) is 0.869. The molecule has 0 unspecified atom stereocenters. The monoisotopic (exact) mass is 374 g/mol. The van der Waals surface area contributed by atoms with Crippen LogP contribution >= 0.6 is 11.3 Å². The SMILES string of the molecule is CC(C)c1nnc(NC(=O)[C@@H]2[C@@H](C)OCC(=O)N2Cc2ccccc2)s1. The zero-order valence-electron chi connectivity index (χ0n) is 15.0. The van der Waals surface area contributed by atoms with E-state index in [1.165, 1.54) is 11.3 Å². The maximum atomic E-state index is 12.9. The minimum absolute atomic E-state index is 0.0198. The number of anilines is 1. The first-order valence-electron chi connectivity index (χ1n) is 8.55. The van der Waals surface area contributed by atoms with Crippen LogP contribution in [0.25, 0.3) is 0 Å². The van der Waals surface area contributed by atoms with Crippen molar-refractivity contribution in [1.82, 2.24) is 15.1 Å². The van der Waals surface area contributed by atoms with Crippen LogP contribution in [-0.4, -0.2) is 45.7 Å². The lowest BCUT2D eigenvalue weighted by Gasteiger charge is -2.38. The number of aromatic nitrogens is 2. The molecule has 2 aromatic rings. The number of amides is 2. The van der Waals surface area contributed by atoms with Gasteiger partial charge in [-0.3, -0.25) is 14.9 Å². The van der Waals surface area contributed by atoms with E-state index in [0.29, 0.717) is 11.7 Å². The Balaban J connectivity index is 1.78. The molecule has 8 heteroatoms. The number of nitrogens with one attached hydrogen (secondary N) is 1. The van der Waals surface area contributed by atoms with E-state index in [1.807, 2.05) is 44.2 Å². The fraction of sp³-hybridized carbons (Fsp3) is 0.444. The molecule has 1 aliphatic heterocycles. The minimum atomic E-state index is -0.720. The third-order valence-corrected chi connectivity index (χ3v) is 5.34. The molecule has 0 aliphatic carbocycles. The molecule has 1 aromatic heterocycles. The first-order valence-corrected chi connectivity index (χ1v) is 9.36. The van der Waals surface area contributed by atoms with Gasteiger partial charge in [0.2, 0.25) is 11.0 Å². The number of benzene rings is 1. The van der Waals surface area contributed by atoms with E-state index >= 15 is 0 Å². The van der Waals surface area contributed by atoms with Gasteiger partial charge in [0.1, 0.15) is 17.7 Å². The zero-order valence-corrected chi connectivity index (χ0v) is 15.8. The Kier molecular flexibility index (Phi) is 5.63. The van der Waals surface area contributed by atoms with Crippen LogP contribution < -0.4 is 5.32 Å². The highest BCUT2D eigenvalue weighted by Gasteiger charge is 2.39. The standard InChI is InChI=1S/C18H22N4O3S/c1-11(2)17-20-21-18(26-17)19-16(24)15-12(3)25-10-14(23)22(15)9-13-7-5-4-6-8-13/h4-8,11-12,15H,9-10H2,1-3H3,(H,19,21,24)/t12-,15+/m1/s1. The summed E-state index contributed by atoms with van der Waals surface area (Å²) in [6, 6.07) is 8.88. The number of rotatable bonds is 5. The van der Waals surface area contributed by atoms with Gasteiger partial charge in [-0.1, -0.05) is 55.5 Å². The lowest BCUT2D eigenvalue weighted by atomic mass is 10.1. The maximum absolute atomic E-state index is 12.9. The third kappa shape index (κ3) is 4.08. The topological polar surface area (TPSA) is 84.4 Å². The summed E-state index contributed by atoms with van der Waals surface area (Å²) in [5.41, 5.74) is 0.964. The minimum Gasteiger partial charge on any atom is -0.366 e. The van der Waals surface area contributed by atoms with Crippen molar-refractivity contribution in [2.45, 2.75) is 45.4 Å². The maximum Gasteiger partial charge on any atom is 0.251 e. The second-order valence-electron chi connectivity index (χ2n) is 6.56. The molecule has 7 nitrogen and oxygen atoms in total. The fourth-order valence-electron chi connectivity index (χ4n) is 2.80. The number of carbonyl (C=O) groups excluding carboxylic acids is 2. The number of hydrogen-bond acceptors (Lipinski definition) is 6. The highest BCUT2D eigenvalue weighted by Crippen LogP contribution is 2.24. The van der Waals surface area contributed by atoms with Gasteiger partial charge in [-0.05, 0) is 12.5 Å². The molecule has 2 amide bonds. The van der Waals surface area contributed by atoms with Crippen LogP contribution in [0.15, 0.2) is 30.3 Å². The molecule has 2 heterocycles. The van der Waals surface area contributed by atoms with Crippen LogP contribution in [0.2, 0.25) is 0 Å². The molecule has 1 saturated heterocycles. The molecule has 138 valence electrons. The van der Waals surface area contributed by atoms with Gasteiger partial charge in [-0.2, -0.15) is 0 Å². The van der Waals surface area contributed by atoms with Gasteiger partial charge in [0.15, 0.2) is 0 Å². The average molecular weight is 374 g/mol. The zero-order chi connectivity index (χ0) is 18.7. The normalized spacial score (nSPS) is 20.5. The van der Waals surface area contributed by atoms with Crippen molar-refractivity contribution in [3.63, 3.8) is 0 Å². The van der Waals surface area contributed by atoms with Gasteiger partial charge in [-0.25, -0.2) is 0 Å². The van der Waals surface area contributed by atoms with Gasteiger partial charge in [-0.15, -0.1) is 10.2 Å². The highest BCUT2D eigenvalue weighted by atomic mass is 32.1. The van der Waals surface area contributed by atoms with Crippen molar-refractivity contribution < 1.29 is 14.3 Å². The molecule has 2 atom stereocenters. The summed E-state index contributed by atoms with van der Waals surface area (Å²) in [6.45, 7) is 6.17. The molecule has 1 aliphatic rings. The first-order chi connectivity index (χ1) is 12.5.